The Morgan fingerprint density at radius 1 is 1.03 bits per heavy atom. The number of hydrogen-bond donors (Lipinski definition) is 3. The number of carbonyl (C=O) groups excluding carboxylic acids is 1. The lowest BCUT2D eigenvalue weighted by atomic mass is 10.1. The summed E-state index contributed by atoms with van der Waals surface area (Å²) in [7, 11) is -3.96. The zero-order valence-electron chi connectivity index (χ0n) is 19.2. The van der Waals surface area contributed by atoms with Crippen LogP contribution in [-0.2, 0) is 29.4 Å². The third kappa shape index (κ3) is 5.48. The van der Waals surface area contributed by atoms with Crippen molar-refractivity contribution >= 4 is 38.7 Å². The average molecular weight is 512 g/mol. The standard InChI is InChI=1S/C25H26ClN5O3S/c1-2-23-29-24-21(26)4-3-5-22(24)31(23)19-10-6-17(7-11-19)14-15-28-25(32)30-35(33,34)20-12-8-18(16-27)9-13-20/h3-13H,2,14-16,27H2,1H3,(H2,28,30,32). The lowest BCUT2D eigenvalue weighted by Gasteiger charge is -2.11. The predicted molar refractivity (Wildman–Crippen MR) is 137 cm³/mol. The van der Waals surface area contributed by atoms with Gasteiger partial charge in [-0.25, -0.2) is 22.9 Å². The third-order valence-electron chi connectivity index (χ3n) is 5.61. The third-order valence-corrected chi connectivity index (χ3v) is 7.26. The largest absolute Gasteiger partial charge is 0.337 e. The van der Waals surface area contributed by atoms with Gasteiger partial charge in [-0.05, 0) is 53.9 Å². The minimum absolute atomic E-state index is 0.000186. The van der Waals surface area contributed by atoms with Crippen molar-refractivity contribution in [1.29, 1.82) is 0 Å². The van der Waals surface area contributed by atoms with Crippen LogP contribution in [0.1, 0.15) is 23.9 Å². The number of imidazole rings is 1. The van der Waals surface area contributed by atoms with E-state index < -0.39 is 16.1 Å². The molecule has 0 fully saturated rings. The summed E-state index contributed by atoms with van der Waals surface area (Å²) in [5, 5.41) is 3.21. The first-order valence-corrected chi connectivity index (χ1v) is 13.0. The molecule has 0 spiro atoms. The van der Waals surface area contributed by atoms with Crippen LogP contribution in [0.4, 0.5) is 4.79 Å². The Morgan fingerprint density at radius 2 is 1.71 bits per heavy atom. The molecule has 1 aromatic heterocycles. The monoisotopic (exact) mass is 511 g/mol. The van der Waals surface area contributed by atoms with Crippen molar-refractivity contribution in [3.05, 3.63) is 88.7 Å². The summed E-state index contributed by atoms with van der Waals surface area (Å²) in [6, 6.07) is 18.9. The van der Waals surface area contributed by atoms with E-state index >= 15 is 0 Å². The summed E-state index contributed by atoms with van der Waals surface area (Å²) < 4.78 is 28.9. The number of aromatic nitrogens is 2. The number of carbonyl (C=O) groups is 1. The Kier molecular flexibility index (Phi) is 7.39. The van der Waals surface area contributed by atoms with Gasteiger partial charge in [0.1, 0.15) is 11.3 Å². The molecule has 0 bridgehead atoms. The lowest BCUT2D eigenvalue weighted by Crippen LogP contribution is -2.40. The van der Waals surface area contributed by atoms with Crippen LogP contribution in [0.3, 0.4) is 0 Å². The molecule has 8 nitrogen and oxygen atoms in total. The molecule has 35 heavy (non-hydrogen) atoms. The van der Waals surface area contributed by atoms with Crippen LogP contribution in [0.2, 0.25) is 5.02 Å². The molecule has 0 saturated carbocycles. The number of halogens is 1. The molecule has 10 heteroatoms. The molecule has 0 aliphatic heterocycles. The molecule has 0 aliphatic carbocycles. The fourth-order valence-electron chi connectivity index (χ4n) is 3.79. The van der Waals surface area contributed by atoms with Gasteiger partial charge in [-0.3, -0.25) is 4.57 Å². The first kappa shape index (κ1) is 24.7. The predicted octanol–water partition coefficient (Wildman–Crippen LogP) is 3.93. The maximum absolute atomic E-state index is 12.4. The molecule has 0 radical (unpaired) electrons. The molecule has 0 saturated heterocycles. The number of nitrogens with one attached hydrogen (secondary N) is 2. The zero-order chi connectivity index (χ0) is 25.0. The number of urea groups is 1. The fourth-order valence-corrected chi connectivity index (χ4v) is 4.93. The van der Waals surface area contributed by atoms with Gasteiger partial charge in [-0.1, -0.05) is 48.9 Å². The second-order valence-corrected chi connectivity index (χ2v) is 10.0. The highest BCUT2D eigenvalue weighted by atomic mass is 35.5. The molecule has 4 N–H and O–H groups in total. The second kappa shape index (κ2) is 10.5. The number of fused-ring (bicyclic) bond motifs is 1. The molecule has 4 rings (SSSR count). The van der Waals surface area contributed by atoms with Gasteiger partial charge >= 0.3 is 6.03 Å². The van der Waals surface area contributed by atoms with Crippen molar-refractivity contribution < 1.29 is 13.2 Å². The maximum Gasteiger partial charge on any atom is 0.328 e. The van der Waals surface area contributed by atoms with Gasteiger partial charge in [-0.2, -0.15) is 0 Å². The zero-order valence-corrected chi connectivity index (χ0v) is 20.7. The highest BCUT2D eigenvalue weighted by molar-refractivity contribution is 7.90. The second-order valence-electron chi connectivity index (χ2n) is 7.95. The van der Waals surface area contributed by atoms with Crippen molar-refractivity contribution in [2.45, 2.75) is 31.2 Å². The first-order valence-electron chi connectivity index (χ1n) is 11.2. The molecule has 0 unspecified atom stereocenters. The fraction of sp³-hybridized carbons (Fsp3) is 0.200. The summed E-state index contributed by atoms with van der Waals surface area (Å²) >= 11 is 6.32. The number of aryl methyl sites for hydroxylation is 1. The number of para-hydroxylation sites is 1. The minimum atomic E-state index is -3.96. The van der Waals surface area contributed by atoms with Gasteiger partial charge in [0.2, 0.25) is 0 Å². The number of benzene rings is 3. The number of sulfonamides is 1. The molecule has 4 aromatic rings. The number of hydrogen-bond acceptors (Lipinski definition) is 5. The van der Waals surface area contributed by atoms with Crippen LogP contribution in [-0.4, -0.2) is 30.5 Å². The minimum Gasteiger partial charge on any atom is -0.337 e. The van der Waals surface area contributed by atoms with Crippen molar-refractivity contribution in [2.75, 3.05) is 6.54 Å². The quantitative estimate of drug-likeness (QED) is 0.331. The summed E-state index contributed by atoms with van der Waals surface area (Å²) in [4.78, 5) is 16.8. The molecule has 0 aliphatic rings. The number of amides is 2. The van der Waals surface area contributed by atoms with Crippen molar-refractivity contribution in [3.63, 3.8) is 0 Å². The van der Waals surface area contributed by atoms with E-state index in [4.69, 9.17) is 17.3 Å². The topological polar surface area (TPSA) is 119 Å². The maximum atomic E-state index is 12.4. The van der Waals surface area contributed by atoms with Crippen LogP contribution >= 0.6 is 11.6 Å². The van der Waals surface area contributed by atoms with Crippen LogP contribution in [0.25, 0.3) is 16.7 Å². The van der Waals surface area contributed by atoms with Crippen molar-refractivity contribution in [2.24, 2.45) is 5.73 Å². The van der Waals surface area contributed by atoms with Crippen molar-refractivity contribution in [1.82, 2.24) is 19.6 Å². The first-order chi connectivity index (χ1) is 16.8. The van der Waals surface area contributed by atoms with E-state index in [1.807, 2.05) is 54.1 Å². The van der Waals surface area contributed by atoms with E-state index in [9.17, 15) is 13.2 Å². The summed E-state index contributed by atoms with van der Waals surface area (Å²) in [5.41, 5.74) is 10.0. The molecule has 2 amide bonds. The van der Waals surface area contributed by atoms with E-state index in [2.05, 4.69) is 14.9 Å². The lowest BCUT2D eigenvalue weighted by molar-refractivity contribution is 0.246. The average Bonchev–Trinajstić information content (AvgIpc) is 3.24. The van der Waals surface area contributed by atoms with Crippen LogP contribution < -0.4 is 15.8 Å². The molecule has 0 atom stereocenters. The van der Waals surface area contributed by atoms with Crippen molar-refractivity contribution in [3.8, 4) is 5.69 Å². The van der Waals surface area contributed by atoms with E-state index in [1.54, 1.807) is 12.1 Å². The molecule has 182 valence electrons. The summed E-state index contributed by atoms with van der Waals surface area (Å²) in [6.45, 7) is 2.63. The Hall–Kier alpha value is -3.40. The number of rotatable bonds is 8. The molecular weight excluding hydrogens is 486 g/mol. The van der Waals surface area contributed by atoms with Crippen LogP contribution in [0, 0.1) is 0 Å². The summed E-state index contributed by atoms with van der Waals surface area (Å²) in [5.74, 6) is 0.915. The van der Waals surface area contributed by atoms with Gasteiger partial charge in [-0.15, -0.1) is 0 Å². The van der Waals surface area contributed by atoms with E-state index in [0.29, 0.717) is 18.0 Å². The normalized spacial score (nSPS) is 11.5. The van der Waals surface area contributed by atoms with Crippen LogP contribution in [0.5, 0.6) is 0 Å². The van der Waals surface area contributed by atoms with E-state index in [1.165, 1.54) is 12.1 Å². The highest BCUT2D eigenvalue weighted by Gasteiger charge is 2.17. The smallest absolute Gasteiger partial charge is 0.328 e. The van der Waals surface area contributed by atoms with Gasteiger partial charge < -0.3 is 11.1 Å². The van der Waals surface area contributed by atoms with E-state index in [0.717, 1.165) is 40.1 Å². The van der Waals surface area contributed by atoms with Gasteiger partial charge in [0.15, 0.2) is 0 Å². The molecule has 1 heterocycles. The number of nitrogens with zero attached hydrogens (tertiary/aromatic N) is 2. The SMILES string of the molecule is CCc1nc2c(Cl)cccc2n1-c1ccc(CCNC(=O)NS(=O)(=O)c2ccc(CN)cc2)cc1. The van der Waals surface area contributed by atoms with E-state index in [-0.39, 0.29) is 11.4 Å². The molecular formula is C25H26ClN5O3S. The van der Waals surface area contributed by atoms with Gasteiger partial charge in [0.05, 0.1) is 15.4 Å². The van der Waals surface area contributed by atoms with Crippen LogP contribution in [0.15, 0.2) is 71.6 Å². The Bertz CT molecular complexity index is 1450. The Labute approximate surface area is 209 Å². The van der Waals surface area contributed by atoms with Gasteiger partial charge in [0.25, 0.3) is 10.0 Å². The van der Waals surface area contributed by atoms with Gasteiger partial charge in [0, 0.05) is 25.2 Å². The Balaban J connectivity index is 1.37. The number of nitrogens with two attached hydrogens (primary N) is 1. The summed E-state index contributed by atoms with van der Waals surface area (Å²) in [6.07, 6.45) is 1.29. The highest BCUT2D eigenvalue weighted by Crippen LogP contribution is 2.27. The Morgan fingerprint density at radius 3 is 2.37 bits per heavy atom. The molecule has 3 aromatic carbocycles.